The minimum absolute atomic E-state index is 0.343. The van der Waals surface area contributed by atoms with Crippen molar-refractivity contribution in [1.29, 1.82) is 0 Å². The Morgan fingerprint density at radius 2 is 1.71 bits per heavy atom. The van der Waals surface area contributed by atoms with Gasteiger partial charge in [0.15, 0.2) is 26.2 Å². The number of hydrogen-bond acceptors (Lipinski definition) is 2. The van der Waals surface area contributed by atoms with E-state index in [1.807, 2.05) is 0 Å². The molecule has 0 heterocycles. The number of hydrogen-bond donors (Lipinski definition) is 0. The third-order valence-electron chi connectivity index (χ3n) is 3.23. The molecular formula is C11H32O2Si4. The van der Waals surface area contributed by atoms with Gasteiger partial charge in [0.25, 0.3) is 0 Å². The summed E-state index contributed by atoms with van der Waals surface area (Å²) in [7, 11) is -1.58. The van der Waals surface area contributed by atoms with Gasteiger partial charge in [-0.05, 0) is 25.7 Å². The molecule has 0 aromatic rings. The van der Waals surface area contributed by atoms with E-state index in [4.69, 9.17) is 8.23 Å². The normalized spacial score (nSPS) is 14.8. The molecule has 0 rings (SSSR count). The Kier molecular flexibility index (Phi) is 11.2. The van der Waals surface area contributed by atoms with E-state index in [0.717, 1.165) is 10.5 Å². The fourth-order valence-electron chi connectivity index (χ4n) is 1.70. The summed E-state index contributed by atoms with van der Waals surface area (Å²) in [6.07, 6.45) is 8.43. The summed E-state index contributed by atoms with van der Waals surface area (Å²) < 4.78 is 11.9. The van der Waals surface area contributed by atoms with Crippen LogP contribution < -0.4 is 0 Å². The van der Waals surface area contributed by atoms with Gasteiger partial charge in [0.05, 0.1) is 0 Å². The summed E-state index contributed by atoms with van der Waals surface area (Å²) >= 11 is 0. The molecule has 0 aromatic heterocycles. The van der Waals surface area contributed by atoms with E-state index in [2.05, 4.69) is 26.6 Å². The Hall–Kier alpha value is 0.788. The summed E-state index contributed by atoms with van der Waals surface area (Å²) in [6.45, 7) is 9.28. The second kappa shape index (κ2) is 10.7. The monoisotopic (exact) mass is 308 g/mol. The van der Waals surface area contributed by atoms with Crippen molar-refractivity contribution < 1.29 is 8.23 Å². The largest absolute Gasteiger partial charge is 0.464 e. The molecule has 0 aliphatic heterocycles. The number of rotatable bonds is 11. The van der Waals surface area contributed by atoms with E-state index in [1.54, 1.807) is 0 Å². The molecule has 1 atom stereocenters. The molecule has 1 unspecified atom stereocenters. The van der Waals surface area contributed by atoms with Crippen molar-refractivity contribution in [2.75, 3.05) is 0 Å². The maximum Gasteiger partial charge on any atom is 0.183 e. The molecule has 0 amide bonds. The SMILES string of the molecule is CCCCCCCC[SiH](C)O[SiH2][Si](C)(C)O[SiH3]. The van der Waals surface area contributed by atoms with Gasteiger partial charge in [-0.3, -0.25) is 0 Å². The van der Waals surface area contributed by atoms with Gasteiger partial charge in [0, 0.05) is 0 Å². The fourth-order valence-corrected chi connectivity index (χ4v) is 13.7. The van der Waals surface area contributed by atoms with Gasteiger partial charge in [-0.1, -0.05) is 45.4 Å². The van der Waals surface area contributed by atoms with Crippen molar-refractivity contribution in [2.45, 2.75) is 71.1 Å². The maximum absolute atomic E-state index is 6.16. The van der Waals surface area contributed by atoms with Crippen LogP contribution in [0, 0.1) is 0 Å². The lowest BCUT2D eigenvalue weighted by atomic mass is 10.1. The molecule has 104 valence electrons. The quantitative estimate of drug-likeness (QED) is 0.428. The van der Waals surface area contributed by atoms with Crippen molar-refractivity contribution in [3.05, 3.63) is 0 Å². The van der Waals surface area contributed by atoms with Gasteiger partial charge in [0.2, 0.25) is 0 Å². The third-order valence-corrected chi connectivity index (χ3v) is 18.7. The molecular weight excluding hydrogens is 276 g/mol. The highest BCUT2D eigenvalue weighted by Crippen LogP contribution is 2.10. The summed E-state index contributed by atoms with van der Waals surface area (Å²) in [5.41, 5.74) is 0. The molecule has 17 heavy (non-hydrogen) atoms. The van der Waals surface area contributed by atoms with Crippen LogP contribution in [0.5, 0.6) is 0 Å². The second-order valence-electron chi connectivity index (χ2n) is 5.64. The van der Waals surface area contributed by atoms with Crippen LogP contribution in [0.1, 0.15) is 45.4 Å². The van der Waals surface area contributed by atoms with Crippen LogP contribution in [0.2, 0.25) is 25.7 Å². The molecule has 0 saturated carbocycles. The molecule has 0 aliphatic rings. The standard InChI is InChI=1S/C11H32O2Si4/c1-5-6-7-8-9-10-11-16(2)13-15-17(3,4)12-14/h16H,5-11,15H2,1-4,14H3. The van der Waals surface area contributed by atoms with Gasteiger partial charge in [0.1, 0.15) is 10.5 Å². The summed E-state index contributed by atoms with van der Waals surface area (Å²) in [5, 5.41) is 0. The van der Waals surface area contributed by atoms with Crippen LogP contribution in [0.25, 0.3) is 0 Å². The summed E-state index contributed by atoms with van der Waals surface area (Å²) in [6, 6.07) is 1.38. The molecule has 0 N–H and O–H groups in total. The molecule has 0 fully saturated rings. The molecule has 0 saturated heterocycles. The van der Waals surface area contributed by atoms with E-state index >= 15 is 0 Å². The van der Waals surface area contributed by atoms with Gasteiger partial charge in [-0.15, -0.1) is 0 Å². The summed E-state index contributed by atoms with van der Waals surface area (Å²) in [4.78, 5) is 0. The van der Waals surface area contributed by atoms with Crippen LogP contribution in [0.4, 0.5) is 0 Å². The zero-order valence-corrected chi connectivity index (χ0v) is 18.1. The van der Waals surface area contributed by atoms with Crippen LogP contribution >= 0.6 is 0 Å². The molecule has 0 aliphatic carbocycles. The van der Waals surface area contributed by atoms with Crippen molar-refractivity contribution in [3.63, 3.8) is 0 Å². The highest BCUT2D eigenvalue weighted by molar-refractivity contribution is 7.19. The smallest absolute Gasteiger partial charge is 0.183 e. The van der Waals surface area contributed by atoms with Crippen LogP contribution in [0.3, 0.4) is 0 Å². The molecule has 6 heteroatoms. The average molecular weight is 309 g/mol. The predicted molar refractivity (Wildman–Crippen MR) is 89.3 cm³/mol. The fraction of sp³-hybridized carbons (Fsp3) is 1.00. The van der Waals surface area contributed by atoms with Gasteiger partial charge in [-0.25, -0.2) is 0 Å². The zero-order valence-electron chi connectivity index (χ0n) is 12.6. The number of unbranched alkanes of at least 4 members (excludes halogenated alkanes) is 5. The Balaban J connectivity index is 3.37. The molecule has 0 bridgehead atoms. The van der Waals surface area contributed by atoms with Gasteiger partial charge in [-0.2, -0.15) is 0 Å². The first-order valence-electron chi connectivity index (χ1n) is 7.18. The minimum atomic E-state index is -1.29. The lowest BCUT2D eigenvalue weighted by Crippen LogP contribution is -2.41. The Morgan fingerprint density at radius 1 is 1.12 bits per heavy atom. The minimum Gasteiger partial charge on any atom is -0.464 e. The molecule has 0 aromatic carbocycles. The Bertz CT molecular complexity index is 179. The van der Waals surface area contributed by atoms with E-state index in [0.29, 0.717) is 0 Å². The van der Waals surface area contributed by atoms with E-state index in [-0.39, 0.29) is 9.28 Å². The zero-order chi connectivity index (χ0) is 13.1. The topological polar surface area (TPSA) is 18.5 Å². The van der Waals surface area contributed by atoms with E-state index < -0.39 is 16.9 Å². The van der Waals surface area contributed by atoms with Crippen molar-refractivity contribution in [1.82, 2.24) is 0 Å². The molecule has 2 nitrogen and oxygen atoms in total. The van der Waals surface area contributed by atoms with Crippen LogP contribution in [-0.2, 0) is 8.23 Å². The Morgan fingerprint density at radius 3 is 2.29 bits per heavy atom. The first-order chi connectivity index (χ1) is 8.02. The van der Waals surface area contributed by atoms with Crippen molar-refractivity contribution >= 4 is 36.6 Å². The predicted octanol–water partition coefficient (Wildman–Crippen LogP) is 1.80. The van der Waals surface area contributed by atoms with Crippen LogP contribution in [-0.4, -0.2) is 36.6 Å². The van der Waals surface area contributed by atoms with E-state index in [9.17, 15) is 0 Å². The summed E-state index contributed by atoms with van der Waals surface area (Å²) in [5.74, 6) is 0. The second-order valence-corrected chi connectivity index (χ2v) is 20.6. The molecule has 0 spiro atoms. The van der Waals surface area contributed by atoms with Crippen molar-refractivity contribution in [2.24, 2.45) is 0 Å². The maximum atomic E-state index is 6.16. The lowest BCUT2D eigenvalue weighted by Gasteiger charge is -2.22. The third kappa shape index (κ3) is 11.6. The van der Waals surface area contributed by atoms with Crippen LogP contribution in [0.15, 0.2) is 0 Å². The highest BCUT2D eigenvalue weighted by atomic mass is 29.2. The average Bonchev–Trinajstić information content (AvgIpc) is 2.31. The first-order valence-corrected chi connectivity index (χ1v) is 16.3. The first kappa shape index (κ1) is 17.8. The molecule has 0 radical (unpaired) electrons. The van der Waals surface area contributed by atoms with E-state index in [1.165, 1.54) is 44.6 Å². The Labute approximate surface area is 116 Å². The lowest BCUT2D eigenvalue weighted by molar-refractivity contribution is 0.577. The van der Waals surface area contributed by atoms with Gasteiger partial charge < -0.3 is 8.23 Å². The van der Waals surface area contributed by atoms with Crippen molar-refractivity contribution in [3.8, 4) is 0 Å². The highest BCUT2D eigenvalue weighted by Gasteiger charge is 2.22. The van der Waals surface area contributed by atoms with Gasteiger partial charge >= 0.3 is 0 Å².